The van der Waals surface area contributed by atoms with Crippen LogP contribution in [0.3, 0.4) is 0 Å². The average Bonchev–Trinajstić information content (AvgIpc) is 4.13. The van der Waals surface area contributed by atoms with Crippen LogP contribution >= 0.6 is 0 Å². The molecule has 12 unspecified atom stereocenters. The fraction of sp³-hybridized carbons (Fsp3) is 0.696. The number of rotatable bonds is 9. The van der Waals surface area contributed by atoms with Gasteiger partial charge in [0.05, 0.1) is 42.8 Å². The highest BCUT2D eigenvalue weighted by Crippen LogP contribution is 2.85. The van der Waals surface area contributed by atoms with E-state index in [1.165, 1.54) is 35.0 Å². The van der Waals surface area contributed by atoms with E-state index in [0.29, 0.717) is 16.5 Å². The molecule has 0 radical (unpaired) electrons. The zero-order chi connectivity index (χ0) is 47.9. The average molecular weight is 943 g/mol. The number of ether oxygens (including phenoxy) is 14. The zero-order valence-electron chi connectivity index (χ0n) is 38.5. The molecule has 7 heterocycles. The number of hydrogen-bond donors (Lipinski definition) is 3. The second-order valence-electron chi connectivity index (χ2n) is 19.5. The van der Waals surface area contributed by atoms with Crippen LogP contribution in [-0.2, 0) is 66.4 Å². The molecule has 9 aliphatic rings. The van der Waals surface area contributed by atoms with Crippen LogP contribution in [0.1, 0.15) is 107 Å². The number of esters is 2. The Morgan fingerprint density at radius 1 is 0.970 bits per heavy atom. The Labute approximate surface area is 383 Å². The number of ketones is 1. The van der Waals surface area contributed by atoms with E-state index in [9.17, 15) is 34.5 Å². The van der Waals surface area contributed by atoms with Gasteiger partial charge in [0.15, 0.2) is 41.8 Å². The van der Waals surface area contributed by atoms with Crippen LogP contribution in [0.25, 0.3) is 10.8 Å². The Bertz CT molecular complexity index is 2520. The third kappa shape index (κ3) is 5.54. The number of aromatic hydroxyl groups is 1. The molecule has 21 heteroatoms. The van der Waals surface area contributed by atoms with Crippen LogP contribution in [0.2, 0.25) is 0 Å². The largest absolute Gasteiger partial charge is 0.509 e. The summed E-state index contributed by atoms with van der Waals surface area (Å²) in [5, 5.41) is 35.8. The standard InChI is InChI=1S/C46H54O21/c1-16-11-23-30(35(51)32-31(36(23)55-10)25(12-24(49)34(32)50)62-28-14-41(8,53)38(17(2)57-28)61-22(7)48)37-29(16)33-39-46(64-37,42(15-56-42)44(33)45(65-39,67-44)20(5)54-9)63-27-13-26(60-21(6)47)43(18(3)58-27)19(4)59-40(52)66-43/h11,17-20,24-28,33,38-39,49,51,53H,12-15H2,1-10H3/t17?,18?,19-,20+,24+,25+,26?,27?,28?,33?,38?,39?,41?,42-,43?,44?,45?,46-/m1/s1. The predicted molar refractivity (Wildman–Crippen MR) is 219 cm³/mol. The number of benzene rings is 2. The van der Waals surface area contributed by atoms with Crippen LogP contribution in [0.4, 0.5) is 4.79 Å². The molecule has 2 aromatic carbocycles. The summed E-state index contributed by atoms with van der Waals surface area (Å²) in [4.78, 5) is 51.2. The van der Waals surface area contributed by atoms with Crippen LogP contribution < -0.4 is 9.47 Å². The third-order valence-electron chi connectivity index (χ3n) is 15.8. The van der Waals surface area contributed by atoms with Crippen molar-refractivity contribution in [2.75, 3.05) is 20.8 Å². The lowest BCUT2D eigenvalue weighted by atomic mass is 9.77. The molecule has 7 aliphatic heterocycles. The van der Waals surface area contributed by atoms with Crippen molar-refractivity contribution in [2.45, 2.75) is 182 Å². The fourth-order valence-corrected chi connectivity index (χ4v) is 13.0. The smallest absolute Gasteiger partial charge is 0.506 e. The summed E-state index contributed by atoms with van der Waals surface area (Å²) in [6.07, 6.45) is -13.0. The highest BCUT2D eigenvalue weighted by Gasteiger charge is 3.07. The number of hydrogen-bond acceptors (Lipinski definition) is 21. The summed E-state index contributed by atoms with van der Waals surface area (Å²) < 4.78 is 87.8. The first kappa shape index (κ1) is 45.0. The highest BCUT2D eigenvalue weighted by molar-refractivity contribution is 6.13. The monoisotopic (exact) mass is 942 g/mol. The number of aryl methyl sites for hydroxylation is 1. The summed E-state index contributed by atoms with van der Waals surface area (Å²) in [6, 6.07) is 1.80. The van der Waals surface area contributed by atoms with Crippen molar-refractivity contribution in [2.24, 2.45) is 0 Å². The van der Waals surface area contributed by atoms with Crippen LogP contribution in [0.15, 0.2) is 6.07 Å². The summed E-state index contributed by atoms with van der Waals surface area (Å²) in [5.41, 5.74) is -4.70. The van der Waals surface area contributed by atoms with E-state index in [1.54, 1.807) is 26.8 Å². The lowest BCUT2D eigenvalue weighted by Gasteiger charge is -2.50. The molecule has 18 atom stereocenters. The molecule has 2 aliphatic carbocycles. The molecule has 67 heavy (non-hydrogen) atoms. The van der Waals surface area contributed by atoms with Gasteiger partial charge in [-0.1, -0.05) is 0 Å². The second kappa shape index (κ2) is 14.3. The Morgan fingerprint density at radius 2 is 1.69 bits per heavy atom. The lowest BCUT2D eigenvalue weighted by molar-refractivity contribution is -0.377. The number of phenols is 1. The predicted octanol–water partition coefficient (Wildman–Crippen LogP) is 2.92. The van der Waals surface area contributed by atoms with E-state index in [2.05, 4.69) is 0 Å². The highest BCUT2D eigenvalue weighted by atomic mass is 16.9. The van der Waals surface area contributed by atoms with E-state index >= 15 is 0 Å². The van der Waals surface area contributed by atoms with Crippen molar-refractivity contribution in [3.8, 4) is 17.2 Å². The maximum atomic E-state index is 14.2. The van der Waals surface area contributed by atoms with E-state index < -0.39 is 137 Å². The van der Waals surface area contributed by atoms with Crippen LogP contribution in [0.5, 0.6) is 17.2 Å². The summed E-state index contributed by atoms with van der Waals surface area (Å²) in [5.74, 6) is -6.33. The van der Waals surface area contributed by atoms with Crippen molar-refractivity contribution in [3.05, 3.63) is 28.3 Å². The Morgan fingerprint density at radius 3 is 2.30 bits per heavy atom. The number of phenolic OH excluding ortho intramolecular Hbond substituents is 1. The van der Waals surface area contributed by atoms with Gasteiger partial charge in [-0.25, -0.2) is 4.79 Å². The first-order valence-corrected chi connectivity index (χ1v) is 22.5. The number of carbonyl (C=O) groups is 4. The molecule has 0 amide bonds. The quantitative estimate of drug-likeness (QED) is 0.185. The molecule has 6 saturated heterocycles. The Kier molecular flexibility index (Phi) is 9.64. The normalized spacial score (nSPS) is 45.4. The number of cyclic esters (lactones) is 1. The van der Waals surface area contributed by atoms with E-state index in [4.69, 9.17) is 66.3 Å². The van der Waals surface area contributed by atoms with E-state index in [1.807, 2.05) is 13.8 Å². The molecule has 11 rings (SSSR count). The van der Waals surface area contributed by atoms with Gasteiger partial charge in [0, 0.05) is 56.7 Å². The molecule has 3 spiro atoms. The lowest BCUT2D eigenvalue weighted by Crippen LogP contribution is -2.69. The maximum Gasteiger partial charge on any atom is 0.509 e. The minimum Gasteiger partial charge on any atom is -0.506 e. The molecule has 1 saturated carbocycles. The van der Waals surface area contributed by atoms with Gasteiger partial charge < -0.3 is 81.6 Å². The molecule has 2 aromatic rings. The van der Waals surface area contributed by atoms with Gasteiger partial charge in [0.25, 0.3) is 5.79 Å². The van der Waals surface area contributed by atoms with Gasteiger partial charge in [-0.05, 0) is 53.2 Å². The third-order valence-corrected chi connectivity index (χ3v) is 15.8. The molecule has 364 valence electrons. The minimum atomic E-state index is -1.91. The number of aliphatic hydroxyl groups is 2. The fourth-order valence-electron chi connectivity index (χ4n) is 13.0. The number of fused-ring (bicyclic) bond motifs is 5. The molecule has 4 bridgehead atoms. The van der Waals surface area contributed by atoms with Gasteiger partial charge in [-0.3, -0.25) is 14.4 Å². The Hall–Kier alpha value is -4.42. The van der Waals surface area contributed by atoms with Gasteiger partial charge in [-0.15, -0.1) is 0 Å². The van der Waals surface area contributed by atoms with Crippen LogP contribution in [-0.4, -0.2) is 155 Å². The number of epoxide rings is 2. The molecule has 21 nitrogen and oxygen atoms in total. The van der Waals surface area contributed by atoms with Gasteiger partial charge in [-0.2, -0.15) is 0 Å². The molecule has 3 N–H and O–H groups in total. The van der Waals surface area contributed by atoms with Crippen molar-refractivity contribution in [1.29, 1.82) is 0 Å². The van der Waals surface area contributed by atoms with Gasteiger partial charge >= 0.3 is 18.1 Å². The Balaban J connectivity index is 1.04. The number of Topliss-reactive ketones (excluding diaryl/α,β-unsaturated/α-hetero) is 1. The topological polar surface area (TPSA) is 265 Å². The van der Waals surface area contributed by atoms with Gasteiger partial charge in [0.2, 0.25) is 11.4 Å². The molecule has 0 aromatic heterocycles. The van der Waals surface area contributed by atoms with E-state index in [-0.39, 0.29) is 53.9 Å². The van der Waals surface area contributed by atoms with Crippen molar-refractivity contribution >= 4 is 34.6 Å². The first-order valence-electron chi connectivity index (χ1n) is 22.5. The summed E-state index contributed by atoms with van der Waals surface area (Å²) in [7, 11) is 2.93. The van der Waals surface area contributed by atoms with E-state index in [0.717, 1.165) is 0 Å². The first-order chi connectivity index (χ1) is 31.6. The molecule has 7 fully saturated rings. The van der Waals surface area contributed by atoms with Crippen LogP contribution in [0, 0.1) is 6.92 Å². The molecular weight excluding hydrogens is 888 g/mol. The SMILES string of the molecule is COc1c2c(c(O)c3c4c(c(C)cc13)C1C3OC5([C@H](C)OC)OC15[C@]1(CO1)[C@]3(OC1CC(OC(C)=O)C3(OC(=O)O[C@@H]3C)C(C)O1)O4)C(=O)[C@@H](O)C[C@@H]2OC1CC(C)(O)C(OC(C)=O)C(C)O1. The number of methoxy groups -OCH3 is 2. The molecular formula is C46H54O21. The minimum absolute atomic E-state index is 0.0443. The zero-order valence-corrected chi connectivity index (χ0v) is 38.5. The van der Waals surface area contributed by atoms with Crippen molar-refractivity contribution < 1.29 is 101 Å². The summed E-state index contributed by atoms with van der Waals surface area (Å²) >= 11 is 0. The van der Waals surface area contributed by atoms with Gasteiger partial charge in [0.1, 0.15) is 53.4 Å². The summed E-state index contributed by atoms with van der Waals surface area (Å²) in [6.45, 7) is 12.6. The van der Waals surface area contributed by atoms with Crippen molar-refractivity contribution in [1.82, 2.24) is 0 Å². The number of carbonyl (C=O) groups excluding carboxylic acids is 4. The number of aliphatic hydroxyl groups excluding tert-OH is 1. The maximum absolute atomic E-state index is 14.2. The second-order valence-corrected chi connectivity index (χ2v) is 19.5. The van der Waals surface area contributed by atoms with Crippen molar-refractivity contribution in [3.63, 3.8) is 0 Å².